The predicted molar refractivity (Wildman–Crippen MR) is 85.4 cm³/mol. The van der Waals surface area contributed by atoms with E-state index in [9.17, 15) is 4.79 Å². The number of carbonyl (C=O) groups is 1. The number of carbonyl (C=O) groups excluding carboxylic acids is 1. The second kappa shape index (κ2) is 8.05. The van der Waals surface area contributed by atoms with Gasteiger partial charge in [-0.25, -0.2) is 0 Å². The third-order valence-electron chi connectivity index (χ3n) is 3.62. The lowest BCUT2D eigenvalue weighted by Gasteiger charge is -2.26. The molecule has 3 nitrogen and oxygen atoms in total. The molecule has 112 valence electrons. The van der Waals surface area contributed by atoms with Gasteiger partial charge in [0.15, 0.2) is 0 Å². The first-order chi connectivity index (χ1) is 9.59. The van der Waals surface area contributed by atoms with Gasteiger partial charge in [0.25, 0.3) is 5.91 Å². The first-order valence-corrected chi connectivity index (χ1v) is 7.62. The molecule has 1 N–H and O–H groups in total. The molecule has 0 radical (unpaired) electrons. The molecule has 1 amide bonds. The molecule has 0 bridgehead atoms. The van der Waals surface area contributed by atoms with Crippen LogP contribution < -0.4 is 5.32 Å². The van der Waals surface area contributed by atoms with Gasteiger partial charge in [-0.05, 0) is 50.4 Å². The normalized spacial score (nSPS) is 15.2. The molecule has 3 heteroatoms. The van der Waals surface area contributed by atoms with Gasteiger partial charge in [-0.15, -0.1) is 0 Å². The summed E-state index contributed by atoms with van der Waals surface area (Å²) in [6, 6.07) is 6.28. The van der Waals surface area contributed by atoms with Crippen LogP contribution in [0, 0.1) is 6.92 Å². The van der Waals surface area contributed by atoms with E-state index < -0.39 is 0 Å². The largest absolute Gasteiger partial charge is 0.345 e. The first kappa shape index (κ1) is 16.7. The van der Waals surface area contributed by atoms with Crippen molar-refractivity contribution in [2.75, 3.05) is 27.2 Å². The average molecular weight is 276 g/mol. The summed E-state index contributed by atoms with van der Waals surface area (Å²) in [4.78, 5) is 13.9. The van der Waals surface area contributed by atoms with Crippen molar-refractivity contribution < 1.29 is 4.79 Å². The molecule has 1 saturated heterocycles. The van der Waals surface area contributed by atoms with E-state index in [1.807, 2.05) is 40.9 Å². The number of nitrogens with one attached hydrogen (secondary N) is 1. The van der Waals surface area contributed by atoms with Gasteiger partial charge in [0, 0.05) is 19.7 Å². The fourth-order valence-corrected chi connectivity index (χ4v) is 2.59. The summed E-state index contributed by atoms with van der Waals surface area (Å²) in [7, 11) is 3.63. The zero-order valence-corrected chi connectivity index (χ0v) is 13.5. The number of hydrogen-bond donors (Lipinski definition) is 1. The number of piperidine rings is 1. The molecule has 1 aromatic rings. The summed E-state index contributed by atoms with van der Waals surface area (Å²) in [6.45, 7) is 8.14. The Bertz CT molecular complexity index is 435. The van der Waals surface area contributed by atoms with Gasteiger partial charge < -0.3 is 10.2 Å². The standard InChI is InChI=1S/C15H22N2O.C2H6/c1-11-4-5-13(12-6-8-16-9-7-12)14(10-11)15(18)17(2)3;1-2/h4-5,10,12,16H,6-9H2,1-3H3;1-2H3. The van der Waals surface area contributed by atoms with Crippen LogP contribution in [-0.2, 0) is 0 Å². The third kappa shape index (κ3) is 4.07. The highest BCUT2D eigenvalue weighted by Gasteiger charge is 2.22. The molecule has 20 heavy (non-hydrogen) atoms. The zero-order chi connectivity index (χ0) is 15.1. The fraction of sp³-hybridized carbons (Fsp3) is 0.588. The number of benzene rings is 1. The second-order valence-electron chi connectivity index (χ2n) is 5.31. The van der Waals surface area contributed by atoms with E-state index in [-0.39, 0.29) is 5.91 Å². The molecule has 0 atom stereocenters. The number of aryl methyl sites for hydroxylation is 1. The minimum atomic E-state index is 0.118. The van der Waals surface area contributed by atoms with Crippen molar-refractivity contribution in [3.05, 3.63) is 34.9 Å². The van der Waals surface area contributed by atoms with Crippen LogP contribution in [0.2, 0.25) is 0 Å². The van der Waals surface area contributed by atoms with Crippen LogP contribution in [0.5, 0.6) is 0 Å². The molecular weight excluding hydrogens is 248 g/mol. The van der Waals surface area contributed by atoms with Crippen LogP contribution in [0.25, 0.3) is 0 Å². The van der Waals surface area contributed by atoms with Crippen molar-refractivity contribution in [3.8, 4) is 0 Å². The molecule has 0 unspecified atom stereocenters. The third-order valence-corrected chi connectivity index (χ3v) is 3.62. The van der Waals surface area contributed by atoms with Crippen molar-refractivity contribution in [1.82, 2.24) is 10.2 Å². The Morgan fingerprint density at radius 3 is 2.35 bits per heavy atom. The molecule has 1 fully saturated rings. The maximum atomic E-state index is 12.3. The molecule has 1 aromatic carbocycles. The van der Waals surface area contributed by atoms with Gasteiger partial charge in [-0.3, -0.25) is 4.79 Å². The van der Waals surface area contributed by atoms with Gasteiger partial charge in [0.2, 0.25) is 0 Å². The molecule has 1 aliphatic rings. The number of nitrogens with zero attached hydrogens (tertiary/aromatic N) is 1. The monoisotopic (exact) mass is 276 g/mol. The van der Waals surface area contributed by atoms with Gasteiger partial charge in [-0.2, -0.15) is 0 Å². The highest BCUT2D eigenvalue weighted by Crippen LogP contribution is 2.29. The van der Waals surface area contributed by atoms with Gasteiger partial charge in [-0.1, -0.05) is 31.5 Å². The summed E-state index contributed by atoms with van der Waals surface area (Å²) >= 11 is 0. The fourth-order valence-electron chi connectivity index (χ4n) is 2.59. The van der Waals surface area contributed by atoms with Gasteiger partial charge >= 0.3 is 0 Å². The van der Waals surface area contributed by atoms with E-state index in [0.717, 1.165) is 37.1 Å². The van der Waals surface area contributed by atoms with Gasteiger partial charge in [0.05, 0.1) is 0 Å². The lowest BCUT2D eigenvalue weighted by atomic mass is 9.86. The highest BCUT2D eigenvalue weighted by atomic mass is 16.2. The van der Waals surface area contributed by atoms with Crippen LogP contribution in [0.4, 0.5) is 0 Å². The molecule has 0 saturated carbocycles. The Balaban J connectivity index is 0.000000956. The minimum absolute atomic E-state index is 0.118. The van der Waals surface area contributed by atoms with E-state index in [2.05, 4.69) is 17.4 Å². The van der Waals surface area contributed by atoms with Crippen molar-refractivity contribution in [2.45, 2.75) is 39.5 Å². The average Bonchev–Trinajstić information content (AvgIpc) is 2.49. The Kier molecular flexibility index (Phi) is 6.73. The summed E-state index contributed by atoms with van der Waals surface area (Å²) in [5.74, 6) is 0.637. The Morgan fingerprint density at radius 2 is 1.80 bits per heavy atom. The van der Waals surface area contributed by atoms with Crippen molar-refractivity contribution in [3.63, 3.8) is 0 Å². The number of rotatable bonds is 2. The number of amides is 1. The smallest absolute Gasteiger partial charge is 0.253 e. The summed E-state index contributed by atoms with van der Waals surface area (Å²) in [5.41, 5.74) is 3.26. The van der Waals surface area contributed by atoms with Crippen LogP contribution in [-0.4, -0.2) is 38.0 Å². The van der Waals surface area contributed by atoms with E-state index in [4.69, 9.17) is 0 Å². The molecule has 1 aliphatic heterocycles. The maximum absolute atomic E-state index is 12.3. The maximum Gasteiger partial charge on any atom is 0.253 e. The first-order valence-electron chi connectivity index (χ1n) is 7.62. The summed E-state index contributed by atoms with van der Waals surface area (Å²) in [6.07, 6.45) is 2.24. The Hall–Kier alpha value is -1.35. The zero-order valence-electron chi connectivity index (χ0n) is 13.5. The quantitative estimate of drug-likeness (QED) is 0.899. The van der Waals surface area contributed by atoms with Crippen LogP contribution >= 0.6 is 0 Å². The summed E-state index contributed by atoms with van der Waals surface area (Å²) < 4.78 is 0. The van der Waals surface area contributed by atoms with Gasteiger partial charge in [0.1, 0.15) is 0 Å². The summed E-state index contributed by atoms with van der Waals surface area (Å²) in [5, 5.41) is 3.37. The topological polar surface area (TPSA) is 32.3 Å². The van der Waals surface area contributed by atoms with E-state index in [0.29, 0.717) is 5.92 Å². The predicted octanol–water partition coefficient (Wildman–Crippen LogP) is 3.19. The highest BCUT2D eigenvalue weighted by molar-refractivity contribution is 5.95. The molecule has 2 rings (SSSR count). The number of hydrogen-bond acceptors (Lipinski definition) is 2. The van der Waals surface area contributed by atoms with Crippen LogP contribution in [0.1, 0.15) is 54.1 Å². The van der Waals surface area contributed by atoms with E-state index in [1.165, 1.54) is 5.56 Å². The minimum Gasteiger partial charge on any atom is -0.345 e. The van der Waals surface area contributed by atoms with E-state index >= 15 is 0 Å². The lowest BCUT2D eigenvalue weighted by molar-refractivity contribution is 0.0825. The second-order valence-corrected chi connectivity index (χ2v) is 5.31. The van der Waals surface area contributed by atoms with Crippen LogP contribution in [0.15, 0.2) is 18.2 Å². The van der Waals surface area contributed by atoms with E-state index in [1.54, 1.807) is 4.90 Å². The molecule has 0 aliphatic carbocycles. The van der Waals surface area contributed by atoms with Crippen molar-refractivity contribution in [2.24, 2.45) is 0 Å². The Labute approximate surface area is 123 Å². The SMILES string of the molecule is CC.Cc1ccc(C2CCNCC2)c(C(=O)N(C)C)c1. The molecular formula is C17H28N2O. The lowest BCUT2D eigenvalue weighted by Crippen LogP contribution is -2.29. The molecule has 1 heterocycles. The molecule has 0 spiro atoms. The Morgan fingerprint density at radius 1 is 1.20 bits per heavy atom. The van der Waals surface area contributed by atoms with Crippen LogP contribution in [0.3, 0.4) is 0 Å². The van der Waals surface area contributed by atoms with Crippen molar-refractivity contribution >= 4 is 5.91 Å². The molecule has 0 aromatic heterocycles. The van der Waals surface area contributed by atoms with Crippen molar-refractivity contribution in [1.29, 1.82) is 0 Å².